The summed E-state index contributed by atoms with van der Waals surface area (Å²) in [6.07, 6.45) is 2.47. The average molecular weight is 528 g/mol. The summed E-state index contributed by atoms with van der Waals surface area (Å²) in [7, 11) is 1.60. The molecule has 1 aliphatic rings. The molecule has 0 bridgehead atoms. The van der Waals surface area contributed by atoms with Crippen molar-refractivity contribution in [2.24, 2.45) is 0 Å². The molecule has 9 nitrogen and oxygen atoms in total. The van der Waals surface area contributed by atoms with Crippen molar-refractivity contribution in [1.29, 1.82) is 0 Å². The van der Waals surface area contributed by atoms with Crippen molar-refractivity contribution in [2.45, 2.75) is 38.0 Å². The third-order valence-electron chi connectivity index (χ3n) is 7.03. The number of amides is 2. The van der Waals surface area contributed by atoms with Gasteiger partial charge in [0, 0.05) is 19.7 Å². The summed E-state index contributed by atoms with van der Waals surface area (Å²) in [5.41, 5.74) is 3.25. The molecule has 0 saturated carbocycles. The van der Waals surface area contributed by atoms with E-state index in [4.69, 9.17) is 9.47 Å². The minimum atomic E-state index is -0.844. The number of nitrogens with zero attached hydrogens (tertiary/aromatic N) is 4. The summed E-state index contributed by atoms with van der Waals surface area (Å²) >= 11 is 0. The number of hydrogen-bond donors (Lipinski definition) is 1. The van der Waals surface area contributed by atoms with Crippen LogP contribution in [0.25, 0.3) is 11.0 Å². The van der Waals surface area contributed by atoms with Crippen LogP contribution in [0.3, 0.4) is 0 Å². The fourth-order valence-electron chi connectivity index (χ4n) is 4.92. The standard InChI is InChI=1S/C30H33N5O4/c1-38-24-15-13-23(14-16-24)29(30(37)31-20-25-10-7-19-39-25)34(18-17-22-8-3-2-4-9-22)28(36)21-35-27-12-6-5-11-26(27)32-33-35/h2-6,8-9,11-16,25,29H,7,10,17-21H2,1H3,(H,31,37)/t25-,29-/m0/s1. The second-order valence-corrected chi connectivity index (χ2v) is 9.61. The molecule has 1 aliphatic heterocycles. The molecule has 2 atom stereocenters. The maximum Gasteiger partial charge on any atom is 0.247 e. The highest BCUT2D eigenvalue weighted by Gasteiger charge is 2.32. The SMILES string of the molecule is COc1ccc([C@@H](C(=O)NC[C@@H]2CCCO2)N(CCc2ccccc2)C(=O)Cn2nnc3ccccc32)cc1. The van der Waals surface area contributed by atoms with Gasteiger partial charge in [-0.1, -0.05) is 59.8 Å². The molecule has 4 aromatic rings. The molecule has 2 heterocycles. The van der Waals surface area contributed by atoms with Gasteiger partial charge in [-0.3, -0.25) is 9.59 Å². The lowest BCUT2D eigenvalue weighted by molar-refractivity contribution is -0.141. The van der Waals surface area contributed by atoms with Gasteiger partial charge in [0.1, 0.15) is 23.9 Å². The Hall–Kier alpha value is -4.24. The van der Waals surface area contributed by atoms with E-state index in [0.717, 1.165) is 23.9 Å². The van der Waals surface area contributed by atoms with Crippen molar-refractivity contribution < 1.29 is 19.1 Å². The number of ether oxygens (including phenoxy) is 2. The van der Waals surface area contributed by atoms with Gasteiger partial charge >= 0.3 is 0 Å². The number of carbonyl (C=O) groups is 2. The second kappa shape index (κ2) is 12.5. The molecular weight excluding hydrogens is 494 g/mol. The van der Waals surface area contributed by atoms with Crippen molar-refractivity contribution in [3.05, 3.63) is 90.0 Å². The third-order valence-corrected chi connectivity index (χ3v) is 7.03. The van der Waals surface area contributed by atoms with E-state index < -0.39 is 6.04 Å². The van der Waals surface area contributed by atoms with E-state index in [-0.39, 0.29) is 24.5 Å². The first kappa shape index (κ1) is 26.4. The highest BCUT2D eigenvalue weighted by molar-refractivity contribution is 5.89. The van der Waals surface area contributed by atoms with Gasteiger partial charge in [-0.25, -0.2) is 4.68 Å². The Labute approximate surface area is 227 Å². The van der Waals surface area contributed by atoms with E-state index in [1.54, 1.807) is 28.8 Å². The highest BCUT2D eigenvalue weighted by Crippen LogP contribution is 2.26. The third kappa shape index (κ3) is 6.43. The predicted molar refractivity (Wildman–Crippen MR) is 147 cm³/mol. The Kier molecular flexibility index (Phi) is 8.48. The number of fused-ring (bicyclic) bond motifs is 1. The van der Waals surface area contributed by atoms with Crippen LogP contribution in [-0.4, -0.2) is 64.6 Å². The number of aromatic nitrogens is 3. The molecule has 0 aliphatic carbocycles. The van der Waals surface area contributed by atoms with E-state index >= 15 is 0 Å². The van der Waals surface area contributed by atoms with E-state index in [2.05, 4.69) is 15.6 Å². The van der Waals surface area contributed by atoms with Crippen LogP contribution in [0.5, 0.6) is 5.75 Å². The molecule has 202 valence electrons. The number of carbonyl (C=O) groups excluding carboxylic acids is 2. The lowest BCUT2D eigenvalue weighted by Gasteiger charge is -2.32. The zero-order chi connectivity index (χ0) is 27.0. The number of benzene rings is 3. The number of methoxy groups -OCH3 is 1. The van der Waals surface area contributed by atoms with Crippen LogP contribution in [0.2, 0.25) is 0 Å². The second-order valence-electron chi connectivity index (χ2n) is 9.61. The first-order valence-electron chi connectivity index (χ1n) is 13.3. The number of rotatable bonds is 11. The zero-order valence-electron chi connectivity index (χ0n) is 22.0. The summed E-state index contributed by atoms with van der Waals surface area (Å²) in [5.74, 6) is 0.198. The molecule has 1 N–H and O–H groups in total. The summed E-state index contributed by atoms with van der Waals surface area (Å²) in [6.45, 7) is 1.41. The van der Waals surface area contributed by atoms with Gasteiger partial charge in [0.15, 0.2) is 0 Å². The molecular formula is C30H33N5O4. The lowest BCUT2D eigenvalue weighted by atomic mass is 10.0. The van der Waals surface area contributed by atoms with Crippen LogP contribution in [-0.2, 0) is 27.3 Å². The molecule has 5 rings (SSSR count). The maximum atomic E-state index is 14.0. The van der Waals surface area contributed by atoms with Crippen molar-refractivity contribution in [3.8, 4) is 5.75 Å². The summed E-state index contributed by atoms with van der Waals surface area (Å²) in [5, 5.41) is 11.5. The first-order valence-corrected chi connectivity index (χ1v) is 13.3. The van der Waals surface area contributed by atoms with Gasteiger partial charge in [0.05, 0.1) is 18.7 Å². The van der Waals surface area contributed by atoms with Gasteiger partial charge in [-0.15, -0.1) is 5.10 Å². The molecule has 39 heavy (non-hydrogen) atoms. The molecule has 9 heteroatoms. The monoisotopic (exact) mass is 527 g/mol. The van der Waals surface area contributed by atoms with Crippen molar-refractivity contribution in [1.82, 2.24) is 25.2 Å². The zero-order valence-corrected chi connectivity index (χ0v) is 22.0. The van der Waals surface area contributed by atoms with Gasteiger partial charge < -0.3 is 19.7 Å². The first-order chi connectivity index (χ1) is 19.1. The quantitative estimate of drug-likeness (QED) is 0.320. The fraction of sp³-hybridized carbons (Fsp3) is 0.333. The normalized spacial score (nSPS) is 15.7. The molecule has 3 aromatic carbocycles. The highest BCUT2D eigenvalue weighted by atomic mass is 16.5. The van der Waals surface area contributed by atoms with Crippen LogP contribution < -0.4 is 10.1 Å². The Bertz CT molecular complexity index is 1380. The topological polar surface area (TPSA) is 98.6 Å². The number of hydrogen-bond acceptors (Lipinski definition) is 6. The van der Waals surface area contributed by atoms with E-state index in [1.807, 2.05) is 66.7 Å². The average Bonchev–Trinajstić information content (AvgIpc) is 3.65. The van der Waals surface area contributed by atoms with Crippen LogP contribution in [0, 0.1) is 0 Å². The molecule has 1 saturated heterocycles. The fourth-order valence-corrected chi connectivity index (χ4v) is 4.92. The Balaban J connectivity index is 1.46. The Morgan fingerprint density at radius 2 is 1.85 bits per heavy atom. The minimum Gasteiger partial charge on any atom is -0.497 e. The van der Waals surface area contributed by atoms with Crippen LogP contribution in [0.15, 0.2) is 78.9 Å². The largest absolute Gasteiger partial charge is 0.497 e. The van der Waals surface area contributed by atoms with Gasteiger partial charge in [0.25, 0.3) is 0 Å². The molecule has 2 amide bonds. The summed E-state index contributed by atoms with van der Waals surface area (Å²) in [6, 6.07) is 23.9. The number of nitrogens with one attached hydrogen (secondary N) is 1. The van der Waals surface area contributed by atoms with Crippen LogP contribution in [0.1, 0.15) is 30.0 Å². The van der Waals surface area contributed by atoms with Gasteiger partial charge in [-0.05, 0) is 54.7 Å². The van der Waals surface area contributed by atoms with E-state index in [0.29, 0.717) is 42.9 Å². The summed E-state index contributed by atoms with van der Waals surface area (Å²) in [4.78, 5) is 29.4. The number of para-hydroxylation sites is 1. The van der Waals surface area contributed by atoms with E-state index in [9.17, 15) is 9.59 Å². The van der Waals surface area contributed by atoms with Crippen molar-refractivity contribution >= 4 is 22.8 Å². The molecule has 1 aromatic heterocycles. The van der Waals surface area contributed by atoms with Crippen LogP contribution in [0.4, 0.5) is 0 Å². The van der Waals surface area contributed by atoms with Gasteiger partial charge in [0.2, 0.25) is 11.8 Å². The Morgan fingerprint density at radius 1 is 1.08 bits per heavy atom. The Morgan fingerprint density at radius 3 is 2.59 bits per heavy atom. The molecule has 0 radical (unpaired) electrons. The predicted octanol–water partition coefficient (Wildman–Crippen LogP) is 3.55. The molecule has 1 fully saturated rings. The van der Waals surface area contributed by atoms with Crippen molar-refractivity contribution in [2.75, 3.05) is 26.8 Å². The van der Waals surface area contributed by atoms with E-state index in [1.165, 1.54) is 0 Å². The van der Waals surface area contributed by atoms with Crippen molar-refractivity contribution in [3.63, 3.8) is 0 Å². The minimum absolute atomic E-state index is 0.0135. The van der Waals surface area contributed by atoms with Gasteiger partial charge in [-0.2, -0.15) is 0 Å². The smallest absolute Gasteiger partial charge is 0.247 e. The lowest BCUT2D eigenvalue weighted by Crippen LogP contribution is -2.47. The summed E-state index contributed by atoms with van der Waals surface area (Å²) < 4.78 is 12.6. The maximum absolute atomic E-state index is 14.0. The van der Waals surface area contributed by atoms with Crippen LogP contribution >= 0.6 is 0 Å². The molecule has 0 unspecified atom stereocenters. The molecule has 0 spiro atoms.